The summed E-state index contributed by atoms with van der Waals surface area (Å²) in [5.74, 6) is 0. The molecule has 3 aromatic heterocycles. The van der Waals surface area contributed by atoms with Crippen molar-refractivity contribution in [2.24, 2.45) is 35.4 Å². The van der Waals surface area contributed by atoms with E-state index in [2.05, 4.69) is 50.1 Å². The van der Waals surface area contributed by atoms with Crippen molar-refractivity contribution in [3.8, 4) is 0 Å². The van der Waals surface area contributed by atoms with Gasteiger partial charge in [-0.15, -0.1) is 0 Å². The first-order valence-electron chi connectivity index (χ1n) is 10.8. The number of aryl methyl sites for hydroxylation is 3. The molecule has 6 rings (SSSR count). The van der Waals surface area contributed by atoms with Gasteiger partial charge in [-0.05, 0) is 50.7 Å². The number of para-hydroxylation sites is 3. The van der Waals surface area contributed by atoms with Gasteiger partial charge in [0, 0.05) is 21.1 Å². The van der Waals surface area contributed by atoms with Crippen molar-refractivity contribution in [1.82, 2.24) is 13.7 Å². The van der Waals surface area contributed by atoms with Crippen molar-refractivity contribution in [1.29, 1.82) is 0 Å². The Morgan fingerprint density at radius 1 is 0.543 bits per heavy atom. The van der Waals surface area contributed by atoms with E-state index >= 15 is 0 Å². The fourth-order valence-corrected chi connectivity index (χ4v) is 10.3. The van der Waals surface area contributed by atoms with Gasteiger partial charge in [-0.2, -0.15) is 0 Å². The Kier molecular flexibility index (Phi) is 5.78. The summed E-state index contributed by atoms with van der Waals surface area (Å²) in [7, 11) is 2.97. The second-order valence-corrected chi connectivity index (χ2v) is 14.0. The molecule has 176 valence electrons. The van der Waals surface area contributed by atoms with Crippen molar-refractivity contribution in [3.05, 3.63) is 87.2 Å². The predicted molar refractivity (Wildman–Crippen MR) is 152 cm³/mol. The number of hydrogen-bond acceptors (Lipinski definition) is 6. The number of aromatic nitrogens is 3. The normalized spacial score (nSPS) is 15.6. The lowest BCUT2D eigenvalue weighted by atomic mass is 10.3. The largest absolute Gasteiger partial charge is 0.476 e. The second kappa shape index (κ2) is 8.84. The van der Waals surface area contributed by atoms with Gasteiger partial charge in [-0.25, -0.2) is 0 Å². The maximum atomic E-state index is 7.33. The third-order valence-electron chi connectivity index (χ3n) is 5.78. The zero-order chi connectivity index (χ0) is 24.2. The molecule has 6 nitrogen and oxygen atoms in total. The molecule has 0 spiro atoms. The molecule has 3 heterocycles. The number of rotatable bonds is 3. The third-order valence-corrected chi connectivity index (χ3v) is 11.5. The van der Waals surface area contributed by atoms with Crippen LogP contribution in [-0.2, 0) is 21.1 Å². The van der Waals surface area contributed by atoms with Gasteiger partial charge in [-0.1, -0.05) is 70.4 Å². The smallest absolute Gasteiger partial charge is 0.317 e. The molecule has 6 aromatic rings. The van der Waals surface area contributed by atoms with Gasteiger partial charge in [0.15, 0.2) is 11.2 Å². The summed E-state index contributed by atoms with van der Waals surface area (Å²) < 4.78 is 24.8. The second-order valence-electron chi connectivity index (χ2n) is 8.03. The number of halogens is 1. The average Bonchev–Trinajstić information content (AvgIpc) is 3.46. The molecule has 0 aliphatic carbocycles. The van der Waals surface area contributed by atoms with E-state index in [-0.39, 0.29) is 0 Å². The van der Waals surface area contributed by atoms with Crippen LogP contribution in [0.15, 0.2) is 87.1 Å². The highest BCUT2D eigenvalue weighted by atomic mass is 35.7. The molecule has 0 radical (unpaired) electrons. The molecule has 0 aliphatic rings. The molecule has 0 saturated carbocycles. The highest BCUT2D eigenvalue weighted by Crippen LogP contribution is 2.67. The summed E-state index contributed by atoms with van der Waals surface area (Å²) >= 11 is 12.1. The first-order chi connectivity index (χ1) is 16.9. The number of thiazole rings is 3. The van der Waals surface area contributed by atoms with Crippen LogP contribution in [0.4, 0.5) is 0 Å². The molecule has 0 atom stereocenters. The van der Waals surface area contributed by atoms with Crippen LogP contribution in [0.3, 0.4) is 0 Å². The van der Waals surface area contributed by atoms with E-state index in [0.717, 1.165) is 45.1 Å². The molecule has 0 N–H and O–H groups in total. The average molecular weight is 556 g/mol. The summed E-state index contributed by atoms with van der Waals surface area (Å²) in [5, 5.41) is 0. The molecule has 0 aliphatic heterocycles. The van der Waals surface area contributed by atoms with E-state index in [1.807, 2.05) is 57.5 Å². The predicted octanol–water partition coefficient (Wildman–Crippen LogP) is 6.37. The Hall–Kier alpha value is -2.55. The van der Waals surface area contributed by atoms with Crippen LogP contribution >= 0.6 is 52.3 Å². The molecule has 0 fully saturated rings. The Bertz CT molecular complexity index is 1710. The molecule has 0 unspecified atom stereocenters. The minimum Gasteiger partial charge on any atom is -0.317 e. The fourth-order valence-electron chi connectivity index (χ4n) is 3.93. The number of fused-ring (bicyclic) bond motifs is 3. The lowest BCUT2D eigenvalue weighted by Gasteiger charge is -2.00. The molecule has 0 saturated heterocycles. The van der Waals surface area contributed by atoms with Gasteiger partial charge < -0.3 is 13.7 Å². The van der Waals surface area contributed by atoms with Crippen molar-refractivity contribution < 1.29 is 0 Å². The van der Waals surface area contributed by atoms with Gasteiger partial charge in [0.2, 0.25) is 14.4 Å². The standard InChI is InChI=1S/C24H21ClN6PS3/c1-29-16-10-4-7-13-19(16)33-22(29)26-32(25,27-23-30(2)17-11-5-8-14-20(17)34-23)28-24-31(3)18-12-6-9-15-21(18)35-24/h4-15H,1-3H3/q+1. The van der Waals surface area contributed by atoms with Gasteiger partial charge >= 0.3 is 7.07 Å². The topological polar surface area (TPSA) is 51.9 Å². The molecule has 0 amide bonds. The first kappa shape index (κ1) is 22.9. The fraction of sp³-hybridized carbons (Fsp3) is 0.125. The summed E-state index contributed by atoms with van der Waals surface area (Å²) in [4.78, 5) is 2.40. The highest BCUT2D eigenvalue weighted by Gasteiger charge is 2.39. The Balaban J connectivity index is 1.66. The van der Waals surface area contributed by atoms with Crippen molar-refractivity contribution in [3.63, 3.8) is 0 Å². The van der Waals surface area contributed by atoms with Crippen LogP contribution in [-0.4, -0.2) is 13.7 Å². The van der Waals surface area contributed by atoms with Gasteiger partial charge in [0.05, 0.1) is 30.6 Å². The SMILES string of the molecule is Cn1c(=N[P+](Cl)(N=c2sc3ccccc3n2C)N=c2sc3ccccc3n2C)sc2ccccc21. The maximum Gasteiger partial charge on any atom is 0.476 e. The van der Waals surface area contributed by atoms with Crippen molar-refractivity contribution in [2.75, 3.05) is 0 Å². The Morgan fingerprint density at radius 2 is 0.829 bits per heavy atom. The molecule has 11 heteroatoms. The first-order valence-corrected chi connectivity index (χ1v) is 15.8. The molecular formula is C24H21ClN6PS3+. The minimum atomic E-state index is -3.07. The van der Waals surface area contributed by atoms with E-state index < -0.39 is 7.07 Å². The molecule has 35 heavy (non-hydrogen) atoms. The highest BCUT2D eigenvalue weighted by molar-refractivity contribution is 7.95. The van der Waals surface area contributed by atoms with Gasteiger partial charge in [0.1, 0.15) is 0 Å². The lowest BCUT2D eigenvalue weighted by molar-refractivity contribution is 0.905. The van der Waals surface area contributed by atoms with Gasteiger partial charge in [0.25, 0.3) is 0 Å². The van der Waals surface area contributed by atoms with Crippen molar-refractivity contribution in [2.45, 2.75) is 0 Å². The number of nitrogens with zero attached hydrogens (tertiary/aromatic N) is 6. The lowest BCUT2D eigenvalue weighted by Crippen LogP contribution is -2.14. The summed E-state index contributed by atoms with van der Waals surface area (Å²) in [6.45, 7) is 0. The van der Waals surface area contributed by atoms with Crippen LogP contribution in [0.2, 0.25) is 0 Å². The van der Waals surface area contributed by atoms with E-state index in [1.165, 1.54) is 0 Å². The Labute approximate surface area is 218 Å². The Morgan fingerprint density at radius 3 is 1.11 bits per heavy atom. The summed E-state index contributed by atoms with van der Waals surface area (Å²) in [5.41, 5.74) is 3.33. The van der Waals surface area contributed by atoms with E-state index in [0.29, 0.717) is 0 Å². The molecule has 3 aromatic carbocycles. The van der Waals surface area contributed by atoms with Crippen molar-refractivity contribution >= 4 is 83.0 Å². The number of benzene rings is 3. The van der Waals surface area contributed by atoms with Crippen LogP contribution in [0.1, 0.15) is 0 Å². The van der Waals surface area contributed by atoms with Crippen LogP contribution in [0.5, 0.6) is 0 Å². The van der Waals surface area contributed by atoms with Gasteiger partial charge in [-0.3, -0.25) is 0 Å². The van der Waals surface area contributed by atoms with E-state index in [9.17, 15) is 0 Å². The van der Waals surface area contributed by atoms with E-state index in [4.69, 9.17) is 25.5 Å². The quantitative estimate of drug-likeness (QED) is 0.228. The summed E-state index contributed by atoms with van der Waals surface area (Å²) in [6.07, 6.45) is 0. The minimum absolute atomic E-state index is 0.801. The van der Waals surface area contributed by atoms with Crippen LogP contribution in [0.25, 0.3) is 30.6 Å². The molecular weight excluding hydrogens is 535 g/mol. The molecule has 0 bridgehead atoms. The van der Waals surface area contributed by atoms with Crippen LogP contribution < -0.4 is 14.4 Å². The zero-order valence-electron chi connectivity index (χ0n) is 19.2. The summed E-state index contributed by atoms with van der Waals surface area (Å²) in [6, 6.07) is 24.8. The third kappa shape index (κ3) is 4.11. The van der Waals surface area contributed by atoms with Crippen LogP contribution in [0, 0.1) is 0 Å². The van der Waals surface area contributed by atoms with E-state index in [1.54, 1.807) is 34.0 Å². The maximum absolute atomic E-state index is 7.33. The zero-order valence-corrected chi connectivity index (χ0v) is 23.3. The number of hydrogen-bond donors (Lipinski definition) is 0. The monoisotopic (exact) mass is 555 g/mol.